The molecule has 0 aromatic carbocycles. The van der Waals surface area contributed by atoms with Gasteiger partial charge in [0.2, 0.25) is 0 Å². The second-order valence-corrected chi connectivity index (χ2v) is 4.89. The van der Waals surface area contributed by atoms with E-state index in [4.69, 9.17) is 4.74 Å². The predicted octanol–water partition coefficient (Wildman–Crippen LogP) is 1.01. The summed E-state index contributed by atoms with van der Waals surface area (Å²) in [5.41, 5.74) is -0.430. The number of hydrogen-bond acceptors (Lipinski definition) is 3. The van der Waals surface area contributed by atoms with Gasteiger partial charge < -0.3 is 14.7 Å². The lowest BCUT2D eigenvalue weighted by Crippen LogP contribution is -2.32. The van der Waals surface area contributed by atoms with Gasteiger partial charge in [0.15, 0.2) is 0 Å². The molecule has 0 saturated carbocycles. The van der Waals surface area contributed by atoms with E-state index in [0.717, 1.165) is 39.0 Å². The van der Waals surface area contributed by atoms with Gasteiger partial charge in [-0.25, -0.2) is 0 Å². The van der Waals surface area contributed by atoms with Crippen LogP contribution in [0.4, 0.5) is 0 Å². The van der Waals surface area contributed by atoms with Gasteiger partial charge in [-0.2, -0.15) is 0 Å². The number of ether oxygens (including phenoxy) is 1. The van der Waals surface area contributed by atoms with Gasteiger partial charge in [0, 0.05) is 19.7 Å². The van der Waals surface area contributed by atoms with Gasteiger partial charge in [0.1, 0.15) is 0 Å². The third-order valence-electron chi connectivity index (χ3n) is 3.48. The molecule has 3 nitrogen and oxygen atoms in total. The number of nitrogens with zero attached hydrogens (tertiary/aromatic N) is 1. The summed E-state index contributed by atoms with van der Waals surface area (Å²) in [6.45, 7) is 2.78. The van der Waals surface area contributed by atoms with E-state index < -0.39 is 5.60 Å². The summed E-state index contributed by atoms with van der Waals surface area (Å²) in [6.07, 6.45) is 5.67. The Kier molecular flexibility index (Phi) is 3.10. The largest absolute Gasteiger partial charge is 0.389 e. The van der Waals surface area contributed by atoms with E-state index in [9.17, 15) is 5.11 Å². The summed E-state index contributed by atoms with van der Waals surface area (Å²) >= 11 is 0. The maximum atomic E-state index is 10.2. The SMILES string of the molecule is CN1CCC(O)(CCC2CCCO2)C1. The van der Waals surface area contributed by atoms with Crippen molar-refractivity contribution >= 4 is 0 Å². The Bertz CT molecular complexity index is 192. The minimum atomic E-state index is -0.430. The van der Waals surface area contributed by atoms with Crippen LogP contribution in [-0.2, 0) is 4.74 Å². The summed E-state index contributed by atoms with van der Waals surface area (Å²) in [6, 6.07) is 0. The highest BCUT2D eigenvalue weighted by Gasteiger charge is 2.34. The van der Waals surface area contributed by atoms with Crippen molar-refractivity contribution in [2.45, 2.75) is 43.8 Å². The minimum Gasteiger partial charge on any atom is -0.389 e. The monoisotopic (exact) mass is 199 g/mol. The van der Waals surface area contributed by atoms with E-state index in [1.807, 2.05) is 0 Å². The Hall–Kier alpha value is -0.120. The Balaban J connectivity index is 1.73. The first-order valence-corrected chi connectivity index (χ1v) is 5.70. The van der Waals surface area contributed by atoms with Crippen LogP contribution in [0.15, 0.2) is 0 Å². The molecule has 0 aromatic heterocycles. The molecule has 0 aromatic rings. The fourth-order valence-corrected chi connectivity index (χ4v) is 2.57. The van der Waals surface area contributed by atoms with Crippen LogP contribution in [0.2, 0.25) is 0 Å². The van der Waals surface area contributed by atoms with E-state index in [1.165, 1.54) is 12.8 Å². The lowest BCUT2D eigenvalue weighted by molar-refractivity contribution is 0.0198. The molecule has 0 amide bonds. The zero-order valence-corrected chi connectivity index (χ0v) is 9.04. The number of hydrogen-bond donors (Lipinski definition) is 1. The number of likely N-dealkylation sites (N-methyl/N-ethyl adjacent to an activating group) is 1. The molecule has 0 radical (unpaired) electrons. The molecule has 3 heteroatoms. The summed E-state index contributed by atoms with van der Waals surface area (Å²) in [5, 5.41) is 10.2. The Labute approximate surface area is 86.0 Å². The van der Waals surface area contributed by atoms with Crippen molar-refractivity contribution in [2.75, 3.05) is 26.7 Å². The van der Waals surface area contributed by atoms with Gasteiger partial charge in [-0.3, -0.25) is 0 Å². The first kappa shape index (κ1) is 10.4. The van der Waals surface area contributed by atoms with Gasteiger partial charge in [0.25, 0.3) is 0 Å². The molecule has 2 aliphatic heterocycles. The zero-order chi connectivity index (χ0) is 10.0. The van der Waals surface area contributed by atoms with Crippen molar-refractivity contribution in [2.24, 2.45) is 0 Å². The lowest BCUT2D eigenvalue weighted by atomic mass is 9.94. The molecule has 2 atom stereocenters. The van der Waals surface area contributed by atoms with E-state index >= 15 is 0 Å². The highest BCUT2D eigenvalue weighted by atomic mass is 16.5. The maximum absolute atomic E-state index is 10.2. The van der Waals surface area contributed by atoms with E-state index in [2.05, 4.69) is 11.9 Å². The molecule has 2 unspecified atom stereocenters. The first-order chi connectivity index (χ1) is 6.68. The normalized spacial score (nSPS) is 39.4. The van der Waals surface area contributed by atoms with Crippen molar-refractivity contribution in [1.82, 2.24) is 4.90 Å². The second-order valence-electron chi connectivity index (χ2n) is 4.89. The van der Waals surface area contributed by atoms with Crippen LogP contribution in [0.25, 0.3) is 0 Å². The molecule has 82 valence electrons. The predicted molar refractivity (Wildman–Crippen MR) is 55.3 cm³/mol. The topological polar surface area (TPSA) is 32.7 Å². The highest BCUT2D eigenvalue weighted by Crippen LogP contribution is 2.28. The van der Waals surface area contributed by atoms with Crippen molar-refractivity contribution < 1.29 is 9.84 Å². The number of aliphatic hydroxyl groups is 1. The fraction of sp³-hybridized carbons (Fsp3) is 1.00. The lowest BCUT2D eigenvalue weighted by Gasteiger charge is -2.23. The second kappa shape index (κ2) is 4.17. The van der Waals surface area contributed by atoms with Gasteiger partial charge >= 0.3 is 0 Å². The molecule has 0 spiro atoms. The minimum absolute atomic E-state index is 0.421. The molecular weight excluding hydrogens is 178 g/mol. The molecule has 2 fully saturated rings. The van der Waals surface area contributed by atoms with Crippen molar-refractivity contribution in [3.8, 4) is 0 Å². The number of rotatable bonds is 3. The molecule has 2 heterocycles. The van der Waals surface area contributed by atoms with Crippen molar-refractivity contribution in [3.05, 3.63) is 0 Å². The van der Waals surface area contributed by atoms with Crippen LogP contribution in [0.1, 0.15) is 32.1 Å². The van der Waals surface area contributed by atoms with E-state index in [0.29, 0.717) is 6.10 Å². The Morgan fingerprint density at radius 1 is 1.57 bits per heavy atom. The molecular formula is C11H21NO2. The van der Waals surface area contributed by atoms with Gasteiger partial charge in [-0.05, 0) is 39.2 Å². The molecule has 14 heavy (non-hydrogen) atoms. The Morgan fingerprint density at radius 2 is 2.43 bits per heavy atom. The molecule has 2 aliphatic rings. The van der Waals surface area contributed by atoms with Crippen molar-refractivity contribution in [1.29, 1.82) is 0 Å². The van der Waals surface area contributed by atoms with Gasteiger partial charge in [0.05, 0.1) is 11.7 Å². The summed E-state index contributed by atoms with van der Waals surface area (Å²) in [4.78, 5) is 2.20. The first-order valence-electron chi connectivity index (χ1n) is 5.70. The third kappa shape index (κ3) is 2.47. The molecule has 2 rings (SSSR count). The van der Waals surface area contributed by atoms with Crippen molar-refractivity contribution in [3.63, 3.8) is 0 Å². The third-order valence-corrected chi connectivity index (χ3v) is 3.48. The van der Waals surface area contributed by atoms with Gasteiger partial charge in [-0.1, -0.05) is 0 Å². The van der Waals surface area contributed by atoms with E-state index in [1.54, 1.807) is 0 Å². The van der Waals surface area contributed by atoms with E-state index in [-0.39, 0.29) is 0 Å². The van der Waals surface area contributed by atoms with Crippen LogP contribution in [0, 0.1) is 0 Å². The number of likely N-dealkylation sites (tertiary alicyclic amines) is 1. The van der Waals surface area contributed by atoms with Crippen LogP contribution in [0.3, 0.4) is 0 Å². The van der Waals surface area contributed by atoms with Gasteiger partial charge in [-0.15, -0.1) is 0 Å². The molecule has 0 bridgehead atoms. The Morgan fingerprint density at radius 3 is 3.00 bits per heavy atom. The smallest absolute Gasteiger partial charge is 0.0787 e. The van der Waals surface area contributed by atoms with Crippen LogP contribution in [0.5, 0.6) is 0 Å². The number of β-amino-alcohol motifs (C(OH)–C–C–N with tert-alkyl or cyclic N) is 1. The van der Waals surface area contributed by atoms with Crippen LogP contribution in [-0.4, -0.2) is 48.5 Å². The zero-order valence-electron chi connectivity index (χ0n) is 9.04. The summed E-state index contributed by atoms with van der Waals surface area (Å²) < 4.78 is 5.56. The summed E-state index contributed by atoms with van der Waals surface area (Å²) in [7, 11) is 2.07. The molecule has 2 saturated heterocycles. The quantitative estimate of drug-likeness (QED) is 0.736. The maximum Gasteiger partial charge on any atom is 0.0787 e. The highest BCUT2D eigenvalue weighted by molar-refractivity contribution is 4.89. The average Bonchev–Trinajstić information content (AvgIpc) is 2.73. The molecule has 0 aliphatic carbocycles. The fourth-order valence-electron chi connectivity index (χ4n) is 2.57. The molecule has 1 N–H and O–H groups in total. The van der Waals surface area contributed by atoms with Crippen LogP contribution < -0.4 is 0 Å². The van der Waals surface area contributed by atoms with Crippen LogP contribution >= 0.6 is 0 Å². The average molecular weight is 199 g/mol. The summed E-state index contributed by atoms with van der Waals surface area (Å²) in [5.74, 6) is 0. The standard InChI is InChI=1S/C11H21NO2/c1-12-7-6-11(13,9-12)5-4-10-3-2-8-14-10/h10,13H,2-9H2,1H3.